The van der Waals surface area contributed by atoms with E-state index in [1.54, 1.807) is 73.6 Å². The normalized spacial score (nSPS) is 36.6. The van der Waals surface area contributed by atoms with E-state index in [-0.39, 0.29) is 49.8 Å². The van der Waals surface area contributed by atoms with Crippen LogP contribution in [0.15, 0.2) is 34.3 Å². The van der Waals surface area contributed by atoms with Crippen LogP contribution in [0, 0.1) is 23.7 Å². The lowest BCUT2D eigenvalue weighted by atomic mass is 9.73. The van der Waals surface area contributed by atoms with E-state index in [1.807, 2.05) is 25.9 Å². The van der Waals surface area contributed by atoms with Crippen molar-refractivity contribution in [2.24, 2.45) is 28.8 Å². The summed E-state index contributed by atoms with van der Waals surface area (Å²) < 4.78 is 78.1. The first-order chi connectivity index (χ1) is 37.4. The minimum atomic E-state index is -4.23. The highest BCUT2D eigenvalue weighted by Crippen LogP contribution is 2.42. The first-order valence-corrected chi connectivity index (χ1v) is 29.1. The maximum absolute atomic E-state index is 14.6. The number of ether oxygens (including phenoxy) is 7. The summed E-state index contributed by atoms with van der Waals surface area (Å²) in [5.41, 5.74) is -4.89. The maximum Gasteiger partial charge on any atom is 0.341 e. The number of methoxy groups -OCH3 is 2. The van der Waals surface area contributed by atoms with Crippen LogP contribution >= 0.6 is 0 Å². The Kier molecular flexibility index (Phi) is 23.5. The first kappa shape index (κ1) is 66.9. The number of esters is 1. The minimum absolute atomic E-state index is 0.0248. The van der Waals surface area contributed by atoms with E-state index in [9.17, 15) is 48.3 Å². The SMILES string of the molecule is CC[C@H]1OC(=O)[C@H](C)[C@@H](O[C@H]2C[C@@](C)(OC)[C@@H](OS(=O)(=O)CCNCCCc3ccc4c(c3)c(=O)c(C(=O)O)cn4OC)[C@H](C)O2)[C@H](C)[C@@H](O[C@@H]2O[C@H](C)CC(N(C)C)[C@H]2O)[C@](C)(O)C[C@@H](C)C(=NOCOC)[C@H](C)[C@@H](O)[C@]1(C)O. The number of pyridine rings is 1. The standard InChI is InChI=1S/C55H90N4O20S/c1-16-41-55(10,67)47(62)32(4)43(57-73-29-70-13)30(2)26-53(8,66)48(78-52-45(61)40(58(11)12)24-31(3)74-52)33(5)46(34(6)51(65)76-41)77-42-27-54(9,71-14)49(35(7)75-42)79-80(68,69)23-22-56-21-17-18-36-19-20-39-37(25-36)44(60)38(50(63)64)28-59(39)72-15/h19-20,25,28,30-35,40-42,45-49,52,56,61-62,66-67H,16-18,21-24,26-27,29H2,1-15H3,(H,63,64)/t30-,31-,32+,33+,34-,35+,40?,41-,42+,45-,46+,47-,48-,49+,52+,53-,54-,55-/m1/s1. The maximum atomic E-state index is 14.6. The number of aromatic carboxylic acids is 1. The Morgan fingerprint density at radius 1 is 0.950 bits per heavy atom. The molecule has 0 radical (unpaired) electrons. The smallest absolute Gasteiger partial charge is 0.341 e. The molecule has 0 aliphatic carbocycles. The van der Waals surface area contributed by atoms with Crippen LogP contribution in [0.3, 0.4) is 0 Å². The fourth-order valence-electron chi connectivity index (χ4n) is 11.7. The molecule has 2 aromatic rings. The van der Waals surface area contributed by atoms with Gasteiger partial charge in [0.2, 0.25) is 12.2 Å². The number of hydrogen-bond donors (Lipinski definition) is 6. The molecule has 0 bridgehead atoms. The number of aliphatic hydroxyl groups is 4. The van der Waals surface area contributed by atoms with E-state index in [4.69, 9.17) is 47.0 Å². The van der Waals surface area contributed by atoms with Crippen LogP contribution < -0.4 is 15.6 Å². The number of carboxylic acids is 1. The van der Waals surface area contributed by atoms with Crippen LogP contribution in [0.1, 0.15) is 117 Å². The monoisotopic (exact) mass is 1160 g/mol. The van der Waals surface area contributed by atoms with E-state index >= 15 is 0 Å². The molecule has 0 amide bonds. The van der Waals surface area contributed by atoms with Gasteiger partial charge in [-0.15, -0.1) is 0 Å². The van der Waals surface area contributed by atoms with Crippen molar-refractivity contribution in [1.82, 2.24) is 14.9 Å². The van der Waals surface area contributed by atoms with Crippen molar-refractivity contribution in [2.75, 3.05) is 61.1 Å². The average molecular weight is 1160 g/mol. The molecule has 0 spiro atoms. The summed E-state index contributed by atoms with van der Waals surface area (Å²) in [4.78, 5) is 51.9. The zero-order chi connectivity index (χ0) is 59.8. The lowest BCUT2D eigenvalue weighted by Crippen LogP contribution is -2.61. The van der Waals surface area contributed by atoms with Gasteiger partial charge in [0.1, 0.15) is 36.6 Å². The molecule has 18 atom stereocenters. The number of rotatable bonds is 21. The van der Waals surface area contributed by atoms with Gasteiger partial charge in [0, 0.05) is 51.0 Å². The molecule has 456 valence electrons. The number of fused-ring (bicyclic) bond motifs is 1. The second kappa shape index (κ2) is 28.1. The summed E-state index contributed by atoms with van der Waals surface area (Å²) in [7, 11) is 3.61. The molecule has 5 rings (SSSR count). The van der Waals surface area contributed by atoms with Crippen LogP contribution in [-0.2, 0) is 63.5 Å². The number of carbonyl (C=O) groups is 2. The number of cyclic esters (lactones) is 1. The van der Waals surface area contributed by atoms with Crippen LogP contribution in [0.25, 0.3) is 10.9 Å². The number of likely N-dealkylation sites (N-methyl/N-ethyl adjacent to an activating group) is 1. The topological polar surface area (TPSA) is 311 Å². The summed E-state index contributed by atoms with van der Waals surface area (Å²) in [5, 5.41) is 65.9. The highest BCUT2D eigenvalue weighted by Gasteiger charge is 2.54. The number of benzene rings is 1. The van der Waals surface area contributed by atoms with E-state index < -0.39 is 141 Å². The molecule has 3 saturated heterocycles. The zero-order valence-corrected chi connectivity index (χ0v) is 50.0. The van der Waals surface area contributed by atoms with Gasteiger partial charge in [-0.3, -0.25) is 13.8 Å². The molecule has 0 saturated carbocycles. The fraction of sp³-hybridized carbons (Fsp3) is 0.782. The molecule has 1 aromatic carbocycles. The van der Waals surface area contributed by atoms with Crippen molar-refractivity contribution < 1.29 is 90.6 Å². The lowest BCUT2D eigenvalue weighted by molar-refractivity contribution is -0.316. The van der Waals surface area contributed by atoms with E-state index in [2.05, 4.69) is 10.5 Å². The first-order valence-electron chi connectivity index (χ1n) is 27.5. The van der Waals surface area contributed by atoms with Crippen molar-refractivity contribution in [3.05, 3.63) is 45.7 Å². The quantitative estimate of drug-likeness (QED) is 0.0344. The molecule has 1 unspecified atom stereocenters. The Morgan fingerprint density at radius 2 is 1.64 bits per heavy atom. The van der Waals surface area contributed by atoms with E-state index in [0.29, 0.717) is 31.3 Å². The molecule has 25 heteroatoms. The van der Waals surface area contributed by atoms with Gasteiger partial charge in [0.05, 0.1) is 76.2 Å². The predicted molar refractivity (Wildman–Crippen MR) is 293 cm³/mol. The molecular weight excluding hydrogens is 1070 g/mol. The van der Waals surface area contributed by atoms with Crippen molar-refractivity contribution in [3.8, 4) is 0 Å². The van der Waals surface area contributed by atoms with Crippen LogP contribution in [0.2, 0.25) is 0 Å². The predicted octanol–water partition coefficient (Wildman–Crippen LogP) is 2.84. The Morgan fingerprint density at radius 3 is 2.25 bits per heavy atom. The number of aryl methyl sites for hydroxylation is 1. The van der Waals surface area contributed by atoms with Crippen LogP contribution in [0.4, 0.5) is 0 Å². The minimum Gasteiger partial charge on any atom is -0.477 e. The van der Waals surface area contributed by atoms with Gasteiger partial charge >= 0.3 is 11.9 Å². The number of hydrogen-bond acceptors (Lipinski definition) is 22. The van der Waals surface area contributed by atoms with Crippen molar-refractivity contribution in [1.29, 1.82) is 0 Å². The number of nitrogens with one attached hydrogen (secondary N) is 1. The molecule has 4 heterocycles. The third kappa shape index (κ3) is 15.8. The number of aromatic nitrogens is 1. The Hall–Kier alpha value is -3.93. The molecule has 3 aliphatic rings. The molecular formula is C55H90N4O20S. The van der Waals surface area contributed by atoms with Crippen LogP contribution in [-0.4, -0.2) is 207 Å². The van der Waals surface area contributed by atoms with Crippen molar-refractivity contribution >= 4 is 38.7 Å². The molecule has 3 aliphatic heterocycles. The highest BCUT2D eigenvalue weighted by molar-refractivity contribution is 7.86. The number of nitrogens with zero attached hydrogens (tertiary/aromatic N) is 3. The largest absolute Gasteiger partial charge is 0.477 e. The van der Waals surface area contributed by atoms with Gasteiger partial charge in [-0.1, -0.05) is 38.9 Å². The van der Waals surface area contributed by atoms with Gasteiger partial charge in [-0.2, -0.15) is 13.1 Å². The molecule has 1 aromatic heterocycles. The van der Waals surface area contributed by atoms with Gasteiger partial charge in [-0.25, -0.2) is 4.79 Å². The zero-order valence-electron chi connectivity index (χ0n) is 49.2. The van der Waals surface area contributed by atoms with E-state index in [1.165, 1.54) is 33.0 Å². The van der Waals surface area contributed by atoms with Gasteiger partial charge < -0.3 is 78.6 Å². The van der Waals surface area contributed by atoms with Gasteiger partial charge in [0.15, 0.2) is 12.6 Å². The summed E-state index contributed by atoms with van der Waals surface area (Å²) in [6, 6.07) is 4.70. The molecule has 6 N–H and O–H groups in total. The third-order valence-electron chi connectivity index (χ3n) is 16.2. The third-order valence-corrected chi connectivity index (χ3v) is 17.4. The number of carbonyl (C=O) groups excluding carboxylic acids is 1. The van der Waals surface area contributed by atoms with Crippen molar-refractivity contribution in [3.63, 3.8) is 0 Å². The summed E-state index contributed by atoms with van der Waals surface area (Å²) in [5.74, 6) is -6.37. The number of oxime groups is 1. The van der Waals surface area contributed by atoms with Crippen LogP contribution in [0.5, 0.6) is 0 Å². The fourth-order valence-corrected chi connectivity index (χ4v) is 12.8. The second-order valence-electron chi connectivity index (χ2n) is 22.8. The summed E-state index contributed by atoms with van der Waals surface area (Å²) >= 11 is 0. The Labute approximate surface area is 470 Å². The summed E-state index contributed by atoms with van der Waals surface area (Å²) in [6.45, 7) is 16.6. The molecule has 24 nitrogen and oxygen atoms in total. The Bertz CT molecular complexity index is 2580. The van der Waals surface area contributed by atoms with E-state index in [0.717, 1.165) is 11.8 Å². The van der Waals surface area contributed by atoms with Gasteiger partial charge in [0.25, 0.3) is 10.1 Å². The Balaban J connectivity index is 1.39. The highest BCUT2D eigenvalue weighted by atomic mass is 32.2. The summed E-state index contributed by atoms with van der Waals surface area (Å²) in [6.07, 6.45) is -9.04. The van der Waals surface area contributed by atoms with Crippen molar-refractivity contribution in [2.45, 2.75) is 192 Å². The number of carboxylic acid groups (broad SMARTS) is 1. The molecule has 3 fully saturated rings. The van der Waals surface area contributed by atoms with Gasteiger partial charge in [-0.05, 0) is 112 Å². The molecule has 80 heavy (non-hydrogen) atoms. The number of aliphatic hydroxyl groups excluding tert-OH is 2. The average Bonchev–Trinajstić information content (AvgIpc) is 3.42. The lowest BCUT2D eigenvalue weighted by Gasteiger charge is -2.49. The second-order valence-corrected chi connectivity index (χ2v) is 24.6.